The van der Waals surface area contributed by atoms with Crippen LogP contribution in [0.5, 0.6) is 0 Å². The Morgan fingerprint density at radius 3 is 2.52 bits per heavy atom. The molecule has 0 bridgehead atoms. The molecule has 1 aromatic heterocycles. The van der Waals surface area contributed by atoms with Gasteiger partial charge < -0.3 is 9.84 Å². The number of aryl methyl sites for hydroxylation is 1. The Labute approximate surface area is 185 Å². The summed E-state index contributed by atoms with van der Waals surface area (Å²) in [5.74, 6) is 0.318. The number of anilines is 1. The highest BCUT2D eigenvalue weighted by atomic mass is 35.5. The van der Waals surface area contributed by atoms with Crippen LogP contribution >= 0.6 is 11.6 Å². The summed E-state index contributed by atoms with van der Waals surface area (Å²) in [5.41, 5.74) is 1.22. The van der Waals surface area contributed by atoms with E-state index in [1.54, 1.807) is 13.0 Å². The van der Waals surface area contributed by atoms with Crippen LogP contribution in [0.2, 0.25) is 5.02 Å². The molecule has 10 heteroatoms. The fourth-order valence-corrected chi connectivity index (χ4v) is 5.49. The van der Waals surface area contributed by atoms with Crippen LogP contribution in [0.15, 0.2) is 57.9 Å². The van der Waals surface area contributed by atoms with Crippen molar-refractivity contribution < 1.29 is 17.7 Å². The zero-order valence-electron chi connectivity index (χ0n) is 16.8. The number of nitrogens with one attached hydrogen (secondary N) is 1. The fraction of sp³-hybridized carbons (Fsp3) is 0.286. The third-order valence-corrected chi connectivity index (χ3v) is 7.58. The van der Waals surface area contributed by atoms with Crippen molar-refractivity contribution in [2.45, 2.75) is 24.7 Å². The molecule has 0 atom stereocenters. The normalized spacial score (nSPS) is 15.7. The second kappa shape index (κ2) is 8.78. The van der Waals surface area contributed by atoms with Gasteiger partial charge in [-0.15, -0.1) is 0 Å². The number of hydrogen-bond donors (Lipinski definition) is 1. The molecule has 162 valence electrons. The van der Waals surface area contributed by atoms with Crippen LogP contribution < -0.4 is 5.32 Å². The topological polar surface area (TPSA) is 105 Å². The monoisotopic (exact) mass is 460 g/mol. The van der Waals surface area contributed by atoms with E-state index >= 15 is 0 Å². The molecular weight excluding hydrogens is 440 g/mol. The van der Waals surface area contributed by atoms with Gasteiger partial charge in [-0.2, -0.15) is 9.29 Å². The lowest BCUT2D eigenvalue weighted by molar-refractivity contribution is -0.120. The van der Waals surface area contributed by atoms with E-state index in [2.05, 4.69) is 15.5 Å². The third-order valence-electron chi connectivity index (χ3n) is 5.20. The van der Waals surface area contributed by atoms with Crippen molar-refractivity contribution >= 4 is 33.2 Å². The predicted molar refractivity (Wildman–Crippen MR) is 116 cm³/mol. The zero-order chi connectivity index (χ0) is 22.0. The summed E-state index contributed by atoms with van der Waals surface area (Å²) in [4.78, 5) is 16.7. The molecule has 0 saturated carbocycles. The highest BCUT2D eigenvalue weighted by Crippen LogP contribution is 2.31. The number of rotatable bonds is 5. The lowest BCUT2D eigenvalue weighted by atomic mass is 9.97. The largest absolute Gasteiger partial charge is 0.339 e. The van der Waals surface area contributed by atoms with E-state index in [4.69, 9.17) is 16.1 Å². The average molecular weight is 461 g/mol. The highest BCUT2D eigenvalue weighted by Gasteiger charge is 2.33. The maximum Gasteiger partial charge on any atom is 0.244 e. The van der Waals surface area contributed by atoms with Crippen LogP contribution in [0.1, 0.15) is 18.7 Å². The van der Waals surface area contributed by atoms with Gasteiger partial charge in [0.05, 0.1) is 5.02 Å². The summed E-state index contributed by atoms with van der Waals surface area (Å²) >= 11 is 6.23. The van der Waals surface area contributed by atoms with Crippen LogP contribution in [-0.4, -0.2) is 41.9 Å². The first kappa shape index (κ1) is 21.5. The molecule has 0 spiro atoms. The minimum atomic E-state index is -3.84. The van der Waals surface area contributed by atoms with Crippen LogP contribution in [0.25, 0.3) is 11.4 Å². The van der Waals surface area contributed by atoms with E-state index < -0.39 is 10.0 Å². The first-order valence-electron chi connectivity index (χ1n) is 9.81. The Hall–Kier alpha value is -2.75. The molecule has 31 heavy (non-hydrogen) atoms. The van der Waals surface area contributed by atoms with E-state index in [0.29, 0.717) is 30.1 Å². The minimum absolute atomic E-state index is 0.0127. The van der Waals surface area contributed by atoms with Crippen molar-refractivity contribution in [1.82, 2.24) is 14.4 Å². The maximum atomic E-state index is 13.2. The number of carbonyl (C=O) groups excluding carboxylic acids is 1. The second-order valence-corrected chi connectivity index (χ2v) is 9.63. The van der Waals surface area contributed by atoms with Gasteiger partial charge in [0.1, 0.15) is 4.90 Å². The molecule has 0 radical (unpaired) electrons. The maximum absolute atomic E-state index is 13.2. The summed E-state index contributed by atoms with van der Waals surface area (Å²) < 4.78 is 32.8. The summed E-state index contributed by atoms with van der Waals surface area (Å²) in [5, 5.41) is 6.83. The molecule has 0 unspecified atom stereocenters. The van der Waals surface area contributed by atoms with Gasteiger partial charge in [-0.3, -0.25) is 4.79 Å². The van der Waals surface area contributed by atoms with Gasteiger partial charge in [0.2, 0.25) is 27.6 Å². The van der Waals surface area contributed by atoms with E-state index in [1.807, 2.05) is 30.3 Å². The first-order chi connectivity index (χ1) is 14.8. The van der Waals surface area contributed by atoms with E-state index in [1.165, 1.54) is 16.4 Å². The number of halogens is 1. The van der Waals surface area contributed by atoms with Crippen LogP contribution in [0, 0.1) is 12.8 Å². The zero-order valence-corrected chi connectivity index (χ0v) is 18.4. The van der Waals surface area contributed by atoms with E-state index in [9.17, 15) is 13.2 Å². The van der Waals surface area contributed by atoms with Crippen molar-refractivity contribution in [2.24, 2.45) is 5.92 Å². The Balaban J connectivity index is 1.47. The number of nitrogens with zero attached hydrogens (tertiary/aromatic N) is 3. The Kier molecular flexibility index (Phi) is 6.08. The molecule has 4 rings (SSSR count). The third kappa shape index (κ3) is 4.63. The summed E-state index contributed by atoms with van der Waals surface area (Å²) in [6.07, 6.45) is 0.860. The quantitative estimate of drug-likeness (QED) is 0.621. The molecule has 8 nitrogen and oxygen atoms in total. The number of carbonyl (C=O) groups is 1. The second-order valence-electron chi connectivity index (χ2n) is 7.32. The number of piperidine rings is 1. The number of sulfonamides is 1. The van der Waals surface area contributed by atoms with Gasteiger partial charge in [0, 0.05) is 37.2 Å². The smallest absolute Gasteiger partial charge is 0.244 e. The van der Waals surface area contributed by atoms with Gasteiger partial charge >= 0.3 is 0 Å². The lowest BCUT2D eigenvalue weighted by Crippen LogP contribution is -2.41. The van der Waals surface area contributed by atoms with Gasteiger partial charge in [-0.1, -0.05) is 35.0 Å². The molecule has 1 aliphatic heterocycles. The minimum Gasteiger partial charge on any atom is -0.339 e. The van der Waals surface area contributed by atoms with Crippen LogP contribution in [0.4, 0.5) is 5.69 Å². The Bertz CT molecular complexity index is 1190. The molecule has 0 aliphatic carbocycles. The van der Waals surface area contributed by atoms with Crippen molar-refractivity contribution in [1.29, 1.82) is 0 Å². The fourth-order valence-electron chi connectivity index (χ4n) is 3.52. The Morgan fingerprint density at radius 1 is 1.16 bits per heavy atom. The molecule has 3 aromatic rings. The summed E-state index contributed by atoms with van der Waals surface area (Å²) in [6, 6.07) is 13.8. The number of amides is 1. The molecule has 2 aromatic carbocycles. The molecule has 1 amide bonds. The van der Waals surface area contributed by atoms with Gasteiger partial charge in [0.25, 0.3) is 0 Å². The molecule has 1 saturated heterocycles. The summed E-state index contributed by atoms with van der Waals surface area (Å²) in [7, 11) is -3.84. The predicted octanol–water partition coefficient (Wildman–Crippen LogP) is 3.74. The number of aromatic nitrogens is 2. The molecule has 1 fully saturated rings. The molecule has 1 aliphatic rings. The van der Waals surface area contributed by atoms with Crippen molar-refractivity contribution in [2.75, 3.05) is 18.4 Å². The molecular formula is C21H21ClN4O4S. The van der Waals surface area contributed by atoms with Crippen molar-refractivity contribution in [3.05, 3.63) is 59.4 Å². The van der Waals surface area contributed by atoms with Gasteiger partial charge in [-0.05, 0) is 43.2 Å². The highest BCUT2D eigenvalue weighted by molar-refractivity contribution is 7.89. The molecule has 1 N–H and O–H groups in total. The van der Waals surface area contributed by atoms with Crippen LogP contribution in [-0.2, 0) is 14.8 Å². The van der Waals surface area contributed by atoms with Gasteiger partial charge in [-0.25, -0.2) is 8.42 Å². The van der Waals surface area contributed by atoms with Crippen LogP contribution in [0.3, 0.4) is 0 Å². The average Bonchev–Trinajstić information content (AvgIpc) is 3.21. The number of benzene rings is 2. The van der Waals surface area contributed by atoms with Gasteiger partial charge in [0.15, 0.2) is 0 Å². The summed E-state index contributed by atoms with van der Waals surface area (Å²) in [6.45, 7) is 2.12. The van der Waals surface area contributed by atoms with Crippen molar-refractivity contribution in [3.63, 3.8) is 0 Å². The van der Waals surface area contributed by atoms with E-state index in [-0.39, 0.29) is 34.8 Å². The first-order valence-corrected chi connectivity index (χ1v) is 11.6. The number of para-hydroxylation sites is 1. The SMILES string of the molecule is Cc1nc(-c2ccc(Cl)c(S(=O)(=O)N3CCC(C(=O)Nc4ccccc4)CC3)c2)no1. The van der Waals surface area contributed by atoms with Crippen molar-refractivity contribution in [3.8, 4) is 11.4 Å². The number of hydrogen-bond acceptors (Lipinski definition) is 6. The lowest BCUT2D eigenvalue weighted by Gasteiger charge is -2.30. The van der Waals surface area contributed by atoms with E-state index in [0.717, 1.165) is 5.69 Å². The standard InChI is InChI=1S/C21H21ClN4O4S/c1-14-23-20(25-30-14)16-7-8-18(22)19(13-16)31(28,29)26-11-9-15(10-12-26)21(27)24-17-5-3-2-4-6-17/h2-8,13,15H,9-12H2,1H3,(H,24,27). The Morgan fingerprint density at radius 2 is 1.87 bits per heavy atom. The molecule has 2 heterocycles.